The standard InChI is InChI=1S/C24H16FN7O2/c1-34-16-6-12(4-14(25)7-16)17-10-27-11-20-21(17)30-24(29-20)23-22-19(31-32-23)3-2-18(28-22)13-5-15(33)9-26-8-13/h2-11,33H,1H3,(H,29,30)(H,31,32). The molecule has 5 heterocycles. The Morgan fingerprint density at radius 2 is 1.76 bits per heavy atom. The number of methoxy groups -OCH3 is 1. The average Bonchev–Trinajstić information content (AvgIpc) is 3.47. The highest BCUT2D eigenvalue weighted by molar-refractivity contribution is 5.96. The highest BCUT2D eigenvalue weighted by atomic mass is 19.1. The summed E-state index contributed by atoms with van der Waals surface area (Å²) >= 11 is 0. The Morgan fingerprint density at radius 1 is 0.882 bits per heavy atom. The molecule has 34 heavy (non-hydrogen) atoms. The molecule has 0 aliphatic carbocycles. The minimum atomic E-state index is -0.418. The summed E-state index contributed by atoms with van der Waals surface area (Å²) in [4.78, 5) is 21.0. The van der Waals surface area contributed by atoms with E-state index in [1.807, 2.05) is 12.1 Å². The molecule has 0 bridgehead atoms. The van der Waals surface area contributed by atoms with E-state index in [9.17, 15) is 9.50 Å². The van der Waals surface area contributed by atoms with Crippen LogP contribution in [0, 0.1) is 5.82 Å². The van der Waals surface area contributed by atoms with Gasteiger partial charge in [0.15, 0.2) is 11.5 Å². The van der Waals surface area contributed by atoms with E-state index in [2.05, 4.69) is 25.1 Å². The Morgan fingerprint density at radius 3 is 2.62 bits per heavy atom. The highest BCUT2D eigenvalue weighted by Crippen LogP contribution is 2.33. The van der Waals surface area contributed by atoms with E-state index < -0.39 is 5.82 Å². The summed E-state index contributed by atoms with van der Waals surface area (Å²) in [7, 11) is 1.49. The van der Waals surface area contributed by atoms with Crippen molar-refractivity contribution < 1.29 is 14.2 Å². The fourth-order valence-electron chi connectivity index (χ4n) is 3.89. The van der Waals surface area contributed by atoms with E-state index in [0.29, 0.717) is 56.2 Å². The van der Waals surface area contributed by atoms with Crippen LogP contribution in [-0.4, -0.2) is 47.3 Å². The van der Waals surface area contributed by atoms with Gasteiger partial charge in [-0.25, -0.2) is 14.4 Å². The molecule has 0 amide bonds. The number of halogens is 1. The molecule has 0 aliphatic heterocycles. The van der Waals surface area contributed by atoms with Gasteiger partial charge in [-0.1, -0.05) is 0 Å². The number of hydrogen-bond donors (Lipinski definition) is 3. The number of aromatic amines is 2. The lowest BCUT2D eigenvalue weighted by atomic mass is 10.1. The first-order valence-electron chi connectivity index (χ1n) is 10.3. The number of nitrogens with zero attached hydrogens (tertiary/aromatic N) is 5. The molecule has 0 aliphatic rings. The smallest absolute Gasteiger partial charge is 0.161 e. The van der Waals surface area contributed by atoms with Crippen molar-refractivity contribution in [1.29, 1.82) is 0 Å². The molecule has 0 unspecified atom stereocenters. The van der Waals surface area contributed by atoms with Crippen LogP contribution < -0.4 is 4.74 Å². The van der Waals surface area contributed by atoms with E-state index in [-0.39, 0.29) is 5.75 Å². The van der Waals surface area contributed by atoms with Crippen LogP contribution in [0.3, 0.4) is 0 Å². The van der Waals surface area contributed by atoms with Gasteiger partial charge in [0, 0.05) is 29.6 Å². The molecule has 9 nitrogen and oxygen atoms in total. The molecular weight excluding hydrogens is 437 g/mol. The summed E-state index contributed by atoms with van der Waals surface area (Å²) in [6.45, 7) is 0. The van der Waals surface area contributed by atoms with Crippen molar-refractivity contribution in [2.75, 3.05) is 7.11 Å². The first-order valence-corrected chi connectivity index (χ1v) is 10.3. The number of nitrogens with one attached hydrogen (secondary N) is 2. The van der Waals surface area contributed by atoms with Gasteiger partial charge in [0.1, 0.15) is 22.8 Å². The van der Waals surface area contributed by atoms with E-state index in [4.69, 9.17) is 14.7 Å². The van der Waals surface area contributed by atoms with Gasteiger partial charge in [-0.2, -0.15) is 5.10 Å². The van der Waals surface area contributed by atoms with E-state index in [0.717, 1.165) is 5.52 Å². The fourth-order valence-corrected chi connectivity index (χ4v) is 3.89. The zero-order valence-corrected chi connectivity index (χ0v) is 17.7. The number of rotatable bonds is 4. The maximum Gasteiger partial charge on any atom is 0.161 e. The Kier molecular flexibility index (Phi) is 4.44. The SMILES string of the molecule is COc1cc(F)cc(-c2cncc3[nH]c(-c4n[nH]c5ccc(-c6cncc(O)c6)nc45)nc23)c1. The summed E-state index contributed by atoms with van der Waals surface area (Å²) in [5.74, 6) is 0.522. The van der Waals surface area contributed by atoms with Gasteiger partial charge in [-0.15, -0.1) is 0 Å². The maximum atomic E-state index is 14.1. The molecule has 166 valence electrons. The number of fused-ring (bicyclic) bond motifs is 2. The van der Waals surface area contributed by atoms with Gasteiger partial charge >= 0.3 is 0 Å². The van der Waals surface area contributed by atoms with Crippen molar-refractivity contribution in [1.82, 2.24) is 35.1 Å². The van der Waals surface area contributed by atoms with Gasteiger partial charge in [0.25, 0.3) is 0 Å². The second kappa shape index (κ2) is 7.62. The summed E-state index contributed by atoms with van der Waals surface area (Å²) in [6, 6.07) is 9.72. The molecule has 0 fully saturated rings. The maximum absolute atomic E-state index is 14.1. The first-order chi connectivity index (χ1) is 16.6. The van der Waals surface area contributed by atoms with Gasteiger partial charge in [0.05, 0.1) is 41.7 Å². The van der Waals surface area contributed by atoms with Gasteiger partial charge in [-0.05, 0) is 35.9 Å². The lowest BCUT2D eigenvalue weighted by Crippen LogP contribution is -1.89. The average molecular weight is 453 g/mol. The lowest BCUT2D eigenvalue weighted by Gasteiger charge is -2.06. The van der Waals surface area contributed by atoms with Crippen molar-refractivity contribution in [3.63, 3.8) is 0 Å². The van der Waals surface area contributed by atoms with Gasteiger partial charge in [0.2, 0.25) is 0 Å². The predicted molar refractivity (Wildman–Crippen MR) is 124 cm³/mol. The van der Waals surface area contributed by atoms with Crippen molar-refractivity contribution >= 4 is 22.1 Å². The summed E-state index contributed by atoms with van der Waals surface area (Å²) in [5.41, 5.74) is 5.66. The largest absolute Gasteiger partial charge is 0.506 e. The Hall–Kier alpha value is -4.86. The van der Waals surface area contributed by atoms with Gasteiger partial charge < -0.3 is 14.8 Å². The second-order valence-corrected chi connectivity index (χ2v) is 7.65. The molecule has 0 radical (unpaired) electrons. The molecule has 5 aromatic heterocycles. The number of benzene rings is 1. The Labute approximate surface area is 191 Å². The summed E-state index contributed by atoms with van der Waals surface area (Å²) < 4.78 is 19.3. The monoisotopic (exact) mass is 453 g/mol. The van der Waals surface area contributed by atoms with E-state index in [1.54, 1.807) is 30.7 Å². The van der Waals surface area contributed by atoms with Crippen LogP contribution in [0.4, 0.5) is 4.39 Å². The molecule has 6 rings (SSSR count). The zero-order valence-electron chi connectivity index (χ0n) is 17.7. The van der Waals surface area contributed by atoms with Crippen molar-refractivity contribution in [3.05, 3.63) is 67.0 Å². The number of H-pyrrole nitrogens is 2. The van der Waals surface area contributed by atoms with Crippen LogP contribution in [0.5, 0.6) is 11.5 Å². The Balaban J connectivity index is 1.50. The number of hydrogen-bond acceptors (Lipinski definition) is 7. The minimum absolute atomic E-state index is 0.0538. The lowest BCUT2D eigenvalue weighted by molar-refractivity contribution is 0.411. The third-order valence-corrected chi connectivity index (χ3v) is 5.46. The normalized spacial score (nSPS) is 11.4. The molecule has 0 saturated carbocycles. The van der Waals surface area contributed by atoms with Crippen LogP contribution in [0.2, 0.25) is 0 Å². The number of aromatic nitrogens is 7. The van der Waals surface area contributed by atoms with Crippen molar-refractivity contribution in [2.24, 2.45) is 0 Å². The molecular formula is C24H16FN7O2. The van der Waals surface area contributed by atoms with Crippen molar-refractivity contribution in [2.45, 2.75) is 0 Å². The van der Waals surface area contributed by atoms with Crippen LogP contribution in [0.25, 0.3) is 56.0 Å². The van der Waals surface area contributed by atoms with Crippen LogP contribution in [-0.2, 0) is 0 Å². The number of ether oxygens (including phenoxy) is 1. The Bertz CT molecular complexity index is 1690. The van der Waals surface area contributed by atoms with Crippen LogP contribution in [0.15, 0.2) is 61.2 Å². The molecule has 0 atom stereocenters. The minimum Gasteiger partial charge on any atom is -0.506 e. The number of imidazole rings is 1. The quantitative estimate of drug-likeness (QED) is 0.359. The molecule has 3 N–H and O–H groups in total. The first kappa shape index (κ1) is 19.8. The molecule has 1 aromatic carbocycles. The summed E-state index contributed by atoms with van der Waals surface area (Å²) in [5, 5.41) is 17.2. The van der Waals surface area contributed by atoms with E-state index >= 15 is 0 Å². The van der Waals surface area contributed by atoms with Crippen LogP contribution in [0.1, 0.15) is 0 Å². The van der Waals surface area contributed by atoms with E-state index in [1.165, 1.54) is 25.4 Å². The second-order valence-electron chi connectivity index (χ2n) is 7.65. The van der Waals surface area contributed by atoms with Crippen LogP contribution >= 0.6 is 0 Å². The topological polar surface area (TPSA) is 125 Å². The summed E-state index contributed by atoms with van der Waals surface area (Å²) in [6.07, 6.45) is 6.27. The van der Waals surface area contributed by atoms with Gasteiger partial charge in [-0.3, -0.25) is 15.1 Å². The molecule has 10 heteroatoms. The number of pyridine rings is 3. The molecule has 0 saturated heterocycles. The third-order valence-electron chi connectivity index (χ3n) is 5.46. The third kappa shape index (κ3) is 3.28. The predicted octanol–water partition coefficient (Wildman–Crippen LogP) is 4.48. The molecule has 6 aromatic rings. The van der Waals surface area contributed by atoms with Crippen molar-refractivity contribution in [3.8, 4) is 45.4 Å². The molecule has 0 spiro atoms. The highest BCUT2D eigenvalue weighted by Gasteiger charge is 2.18. The zero-order chi connectivity index (χ0) is 23.2. The fraction of sp³-hybridized carbons (Fsp3) is 0.0417. The number of aromatic hydroxyl groups is 1.